The van der Waals surface area contributed by atoms with Crippen molar-refractivity contribution in [2.75, 3.05) is 0 Å². The van der Waals surface area contributed by atoms with Gasteiger partial charge in [0.1, 0.15) is 11.1 Å². The number of fused-ring (bicyclic) bond motifs is 2. The summed E-state index contributed by atoms with van der Waals surface area (Å²) < 4.78 is 5.16. The minimum absolute atomic E-state index is 0.00523. The highest BCUT2D eigenvalue weighted by Gasteiger charge is 2.14. The Labute approximate surface area is 147 Å². The lowest BCUT2D eigenvalue weighted by atomic mass is 10.1. The van der Waals surface area contributed by atoms with Gasteiger partial charge in [-0.1, -0.05) is 36.4 Å². The summed E-state index contributed by atoms with van der Waals surface area (Å²) in [5.41, 5.74) is 0.453. The van der Waals surface area contributed by atoms with Crippen molar-refractivity contribution in [3.8, 4) is 0 Å². The summed E-state index contributed by atoms with van der Waals surface area (Å²) in [5.74, 6) is -0.586. The first kappa shape index (κ1) is 15.8. The molecule has 0 spiro atoms. The van der Waals surface area contributed by atoms with Crippen molar-refractivity contribution in [3.05, 3.63) is 92.6 Å². The van der Waals surface area contributed by atoms with E-state index in [1.165, 1.54) is 6.07 Å². The standard InChI is InChI=1S/C20H14N2O4/c23-18-14(9-12-5-1-3-7-16(12)22-18)11-21-19(24)15-10-13-6-2-4-8-17(13)26-20(15)25/h1-10H,11H2,(H,21,24)(H,22,23). The summed E-state index contributed by atoms with van der Waals surface area (Å²) in [6.07, 6.45) is 0. The van der Waals surface area contributed by atoms with Crippen molar-refractivity contribution in [1.29, 1.82) is 0 Å². The molecule has 2 aromatic heterocycles. The van der Waals surface area contributed by atoms with Gasteiger partial charge in [0.05, 0.1) is 0 Å². The monoisotopic (exact) mass is 346 g/mol. The SMILES string of the molecule is O=C(NCc1cc2ccccc2[nH]c1=O)c1cc2ccccc2oc1=O. The topological polar surface area (TPSA) is 92.2 Å². The van der Waals surface area contributed by atoms with Crippen LogP contribution in [-0.2, 0) is 6.54 Å². The Hall–Kier alpha value is -3.67. The second-order valence-corrected chi connectivity index (χ2v) is 5.88. The molecule has 0 bridgehead atoms. The molecular weight excluding hydrogens is 332 g/mol. The number of para-hydroxylation sites is 2. The van der Waals surface area contributed by atoms with Gasteiger partial charge in [-0.2, -0.15) is 0 Å². The van der Waals surface area contributed by atoms with Crippen molar-refractivity contribution >= 4 is 27.8 Å². The highest BCUT2D eigenvalue weighted by molar-refractivity contribution is 5.96. The zero-order valence-corrected chi connectivity index (χ0v) is 13.6. The predicted molar refractivity (Wildman–Crippen MR) is 98.2 cm³/mol. The first-order valence-electron chi connectivity index (χ1n) is 8.04. The number of rotatable bonds is 3. The molecule has 0 unspecified atom stereocenters. The number of hydrogen-bond donors (Lipinski definition) is 2. The van der Waals surface area contributed by atoms with Gasteiger partial charge in [0, 0.05) is 23.0 Å². The largest absolute Gasteiger partial charge is 0.422 e. The van der Waals surface area contributed by atoms with Crippen molar-refractivity contribution in [3.63, 3.8) is 0 Å². The van der Waals surface area contributed by atoms with E-state index < -0.39 is 11.5 Å². The van der Waals surface area contributed by atoms with Crippen molar-refractivity contribution in [2.45, 2.75) is 6.54 Å². The molecule has 6 heteroatoms. The first-order valence-corrected chi connectivity index (χ1v) is 8.04. The smallest absolute Gasteiger partial charge is 0.349 e. The Bertz CT molecular complexity index is 1250. The summed E-state index contributed by atoms with van der Waals surface area (Å²) in [5, 5.41) is 4.12. The summed E-state index contributed by atoms with van der Waals surface area (Å²) in [7, 11) is 0. The molecule has 4 aromatic rings. The van der Waals surface area contributed by atoms with Crippen LogP contribution in [0.1, 0.15) is 15.9 Å². The molecule has 2 N–H and O–H groups in total. The number of aromatic amines is 1. The van der Waals surface area contributed by atoms with Gasteiger partial charge in [-0.25, -0.2) is 4.79 Å². The summed E-state index contributed by atoms with van der Waals surface area (Å²) >= 11 is 0. The number of amides is 1. The van der Waals surface area contributed by atoms with E-state index in [0.717, 1.165) is 10.9 Å². The maximum atomic E-state index is 12.4. The lowest BCUT2D eigenvalue weighted by molar-refractivity contribution is 0.0947. The van der Waals surface area contributed by atoms with Gasteiger partial charge in [-0.15, -0.1) is 0 Å². The van der Waals surface area contributed by atoms with Crippen LogP contribution in [0.3, 0.4) is 0 Å². The molecule has 0 radical (unpaired) electrons. The third-order valence-corrected chi connectivity index (χ3v) is 4.16. The van der Waals surface area contributed by atoms with Crippen LogP contribution < -0.4 is 16.5 Å². The second-order valence-electron chi connectivity index (χ2n) is 5.88. The van der Waals surface area contributed by atoms with Crippen molar-refractivity contribution in [1.82, 2.24) is 10.3 Å². The highest BCUT2D eigenvalue weighted by Crippen LogP contribution is 2.13. The molecule has 128 valence electrons. The Morgan fingerprint density at radius 2 is 1.69 bits per heavy atom. The third-order valence-electron chi connectivity index (χ3n) is 4.16. The van der Waals surface area contributed by atoms with Crippen molar-refractivity contribution in [2.24, 2.45) is 0 Å². The van der Waals surface area contributed by atoms with E-state index in [9.17, 15) is 14.4 Å². The molecule has 0 aliphatic rings. The van der Waals surface area contributed by atoms with Crippen LogP contribution in [-0.4, -0.2) is 10.9 Å². The van der Waals surface area contributed by atoms with Crippen LogP contribution in [0.2, 0.25) is 0 Å². The van der Waals surface area contributed by atoms with Gasteiger partial charge in [0.2, 0.25) is 0 Å². The molecular formula is C20H14N2O4. The molecule has 0 aliphatic heterocycles. The van der Waals surface area contributed by atoms with Gasteiger partial charge >= 0.3 is 5.63 Å². The van der Waals surface area contributed by atoms with Crippen LogP contribution in [0.25, 0.3) is 21.9 Å². The number of carbonyl (C=O) groups excluding carboxylic acids is 1. The van der Waals surface area contributed by atoms with E-state index in [4.69, 9.17) is 4.42 Å². The van der Waals surface area contributed by atoms with Gasteiger partial charge in [0.15, 0.2) is 0 Å². The molecule has 0 aliphatic carbocycles. The van der Waals surface area contributed by atoms with Gasteiger partial charge in [-0.05, 0) is 29.7 Å². The Balaban J connectivity index is 1.61. The molecule has 2 aromatic carbocycles. The minimum atomic E-state index is -0.714. The summed E-state index contributed by atoms with van der Waals surface area (Å²) in [4.78, 5) is 39.3. The van der Waals surface area contributed by atoms with Crippen LogP contribution in [0.4, 0.5) is 0 Å². The lowest BCUT2D eigenvalue weighted by Gasteiger charge is -2.06. The highest BCUT2D eigenvalue weighted by atomic mass is 16.4. The van der Waals surface area contributed by atoms with E-state index in [1.54, 1.807) is 36.4 Å². The molecule has 2 heterocycles. The van der Waals surface area contributed by atoms with Gasteiger partial charge in [0.25, 0.3) is 11.5 Å². The lowest BCUT2D eigenvalue weighted by Crippen LogP contribution is -2.30. The summed E-state index contributed by atoms with van der Waals surface area (Å²) in [6.45, 7) is 0.00523. The van der Waals surface area contributed by atoms with Crippen LogP contribution in [0.5, 0.6) is 0 Å². The number of H-pyrrole nitrogens is 1. The average molecular weight is 346 g/mol. The van der Waals surface area contributed by atoms with Gasteiger partial charge in [-0.3, -0.25) is 9.59 Å². The number of nitrogens with one attached hydrogen (secondary N) is 2. The number of hydrogen-bond acceptors (Lipinski definition) is 4. The van der Waals surface area contributed by atoms with E-state index in [-0.39, 0.29) is 17.7 Å². The second kappa shape index (κ2) is 6.33. The number of aromatic nitrogens is 1. The maximum Gasteiger partial charge on any atom is 0.349 e. The fraction of sp³-hybridized carbons (Fsp3) is 0.0500. The molecule has 0 saturated carbocycles. The van der Waals surface area contributed by atoms with Crippen LogP contribution in [0, 0.1) is 0 Å². The maximum absolute atomic E-state index is 12.4. The Morgan fingerprint density at radius 3 is 2.54 bits per heavy atom. The molecule has 0 saturated heterocycles. The molecule has 1 amide bonds. The van der Waals surface area contributed by atoms with E-state index in [0.29, 0.717) is 16.5 Å². The molecule has 6 nitrogen and oxygen atoms in total. The quantitative estimate of drug-likeness (QED) is 0.558. The predicted octanol–water partition coefficient (Wildman–Crippen LogP) is 2.56. The van der Waals surface area contributed by atoms with Gasteiger partial charge < -0.3 is 14.7 Å². The fourth-order valence-corrected chi connectivity index (χ4v) is 2.81. The zero-order valence-electron chi connectivity index (χ0n) is 13.6. The summed E-state index contributed by atoms with van der Waals surface area (Å²) in [6, 6.07) is 17.5. The molecule has 0 atom stereocenters. The van der Waals surface area contributed by atoms with Crippen molar-refractivity contribution < 1.29 is 9.21 Å². The number of carbonyl (C=O) groups is 1. The molecule has 4 rings (SSSR count). The number of benzene rings is 2. The molecule has 26 heavy (non-hydrogen) atoms. The number of pyridine rings is 1. The third kappa shape index (κ3) is 2.88. The average Bonchev–Trinajstić information content (AvgIpc) is 2.65. The van der Waals surface area contributed by atoms with Crippen LogP contribution in [0.15, 0.2) is 74.7 Å². The Morgan fingerprint density at radius 1 is 0.962 bits per heavy atom. The first-order chi connectivity index (χ1) is 12.6. The fourth-order valence-electron chi connectivity index (χ4n) is 2.81. The zero-order chi connectivity index (χ0) is 18.1. The molecule has 0 fully saturated rings. The van der Waals surface area contributed by atoms with E-state index >= 15 is 0 Å². The normalized spacial score (nSPS) is 10.9. The minimum Gasteiger partial charge on any atom is -0.422 e. The van der Waals surface area contributed by atoms with Crippen LogP contribution >= 0.6 is 0 Å². The van der Waals surface area contributed by atoms with E-state index in [2.05, 4.69) is 10.3 Å². The van der Waals surface area contributed by atoms with E-state index in [1.807, 2.05) is 18.2 Å². The Kier molecular flexibility index (Phi) is 3.85.